The molecular weight excluding hydrogens is 300 g/mol. The molecule has 0 spiro atoms. The summed E-state index contributed by atoms with van der Waals surface area (Å²) in [5.74, 6) is 0.875. The second kappa shape index (κ2) is 9.64. The van der Waals surface area contributed by atoms with Crippen LogP contribution < -0.4 is 10.6 Å². The number of benzene rings is 1. The van der Waals surface area contributed by atoms with Gasteiger partial charge in [0, 0.05) is 32.7 Å². The van der Waals surface area contributed by atoms with Crippen LogP contribution in [-0.4, -0.2) is 49.2 Å². The van der Waals surface area contributed by atoms with E-state index in [1.54, 1.807) is 0 Å². The molecular formula is C19H32N4O. The first-order valence-corrected chi connectivity index (χ1v) is 9.08. The SMILES string of the molecule is CCNC(=NCc1ccc(CN2C[C@@H](C)O[C@@H](C)C2)cc1)NCC. The first-order chi connectivity index (χ1) is 11.6. The fourth-order valence-corrected chi connectivity index (χ4v) is 3.10. The first-order valence-electron chi connectivity index (χ1n) is 9.08. The topological polar surface area (TPSA) is 48.9 Å². The van der Waals surface area contributed by atoms with E-state index in [1.165, 1.54) is 11.1 Å². The van der Waals surface area contributed by atoms with Crippen molar-refractivity contribution in [2.45, 2.75) is 53.0 Å². The third kappa shape index (κ3) is 6.13. The second-order valence-corrected chi connectivity index (χ2v) is 6.49. The molecule has 134 valence electrons. The molecule has 1 aliphatic rings. The number of nitrogens with one attached hydrogen (secondary N) is 2. The van der Waals surface area contributed by atoms with Gasteiger partial charge in [0.1, 0.15) is 0 Å². The summed E-state index contributed by atoms with van der Waals surface area (Å²) < 4.78 is 5.80. The van der Waals surface area contributed by atoms with Crippen LogP contribution in [0.25, 0.3) is 0 Å². The molecule has 2 N–H and O–H groups in total. The van der Waals surface area contributed by atoms with Crippen LogP contribution >= 0.6 is 0 Å². The monoisotopic (exact) mass is 332 g/mol. The lowest BCUT2D eigenvalue weighted by Crippen LogP contribution is -2.44. The number of guanidine groups is 1. The number of hydrogen-bond acceptors (Lipinski definition) is 3. The van der Waals surface area contributed by atoms with Crippen molar-refractivity contribution in [3.63, 3.8) is 0 Å². The van der Waals surface area contributed by atoms with Gasteiger partial charge in [0.05, 0.1) is 18.8 Å². The van der Waals surface area contributed by atoms with E-state index < -0.39 is 0 Å². The van der Waals surface area contributed by atoms with Crippen molar-refractivity contribution in [2.75, 3.05) is 26.2 Å². The van der Waals surface area contributed by atoms with Gasteiger partial charge in [-0.3, -0.25) is 4.90 Å². The Morgan fingerprint density at radius 3 is 2.12 bits per heavy atom. The fraction of sp³-hybridized carbons (Fsp3) is 0.632. The zero-order chi connectivity index (χ0) is 17.4. The highest BCUT2D eigenvalue weighted by atomic mass is 16.5. The molecule has 0 unspecified atom stereocenters. The van der Waals surface area contributed by atoms with Crippen molar-refractivity contribution in [2.24, 2.45) is 4.99 Å². The summed E-state index contributed by atoms with van der Waals surface area (Å²) >= 11 is 0. The molecule has 0 bridgehead atoms. The molecule has 1 fully saturated rings. The Morgan fingerprint density at radius 1 is 1.04 bits per heavy atom. The van der Waals surface area contributed by atoms with Gasteiger partial charge >= 0.3 is 0 Å². The smallest absolute Gasteiger partial charge is 0.191 e. The molecule has 0 amide bonds. The maximum atomic E-state index is 5.80. The number of ether oxygens (including phenoxy) is 1. The zero-order valence-corrected chi connectivity index (χ0v) is 15.5. The normalized spacial score (nSPS) is 21.3. The molecule has 0 radical (unpaired) electrons. The molecule has 1 heterocycles. The summed E-state index contributed by atoms with van der Waals surface area (Å²) in [6, 6.07) is 8.80. The summed E-state index contributed by atoms with van der Waals surface area (Å²) in [5.41, 5.74) is 2.58. The highest BCUT2D eigenvalue weighted by Gasteiger charge is 2.21. The minimum absolute atomic E-state index is 0.318. The Kier molecular flexibility index (Phi) is 7.53. The number of rotatable bonds is 6. The maximum Gasteiger partial charge on any atom is 0.191 e. The van der Waals surface area contributed by atoms with E-state index in [-0.39, 0.29) is 0 Å². The molecule has 2 rings (SSSR count). The molecule has 1 aliphatic heterocycles. The largest absolute Gasteiger partial charge is 0.373 e. The molecule has 5 heteroatoms. The molecule has 5 nitrogen and oxygen atoms in total. The molecule has 24 heavy (non-hydrogen) atoms. The van der Waals surface area contributed by atoms with Crippen molar-refractivity contribution in [3.05, 3.63) is 35.4 Å². The molecule has 2 atom stereocenters. The van der Waals surface area contributed by atoms with Gasteiger partial charge in [0.25, 0.3) is 0 Å². The van der Waals surface area contributed by atoms with E-state index in [9.17, 15) is 0 Å². The van der Waals surface area contributed by atoms with E-state index >= 15 is 0 Å². The molecule has 0 saturated carbocycles. The van der Waals surface area contributed by atoms with E-state index in [0.717, 1.165) is 38.7 Å². The molecule has 1 aromatic carbocycles. The second-order valence-electron chi connectivity index (χ2n) is 6.49. The van der Waals surface area contributed by atoms with Gasteiger partial charge < -0.3 is 15.4 Å². The van der Waals surface area contributed by atoms with Crippen LogP contribution in [0.5, 0.6) is 0 Å². The summed E-state index contributed by atoms with van der Waals surface area (Å²) in [5, 5.41) is 6.50. The van der Waals surface area contributed by atoms with Gasteiger partial charge in [-0.05, 0) is 38.8 Å². The lowest BCUT2D eigenvalue weighted by atomic mass is 10.1. The lowest BCUT2D eigenvalue weighted by Gasteiger charge is -2.35. The predicted octanol–water partition coefficient (Wildman–Crippen LogP) is 2.37. The number of aliphatic imine (C=N–C) groups is 1. The van der Waals surface area contributed by atoms with Crippen molar-refractivity contribution in [1.29, 1.82) is 0 Å². The van der Waals surface area contributed by atoms with Gasteiger partial charge in [0.2, 0.25) is 0 Å². The average Bonchev–Trinajstić information content (AvgIpc) is 2.53. The van der Waals surface area contributed by atoms with Crippen LogP contribution in [0, 0.1) is 0 Å². The van der Waals surface area contributed by atoms with E-state index in [4.69, 9.17) is 4.74 Å². The van der Waals surface area contributed by atoms with Crippen molar-refractivity contribution >= 4 is 5.96 Å². The predicted molar refractivity (Wildman–Crippen MR) is 100 cm³/mol. The van der Waals surface area contributed by atoms with Gasteiger partial charge in [-0.25, -0.2) is 4.99 Å². The van der Waals surface area contributed by atoms with Crippen LogP contribution in [0.4, 0.5) is 0 Å². The van der Waals surface area contributed by atoms with Crippen LogP contribution in [0.2, 0.25) is 0 Å². The van der Waals surface area contributed by atoms with Crippen LogP contribution in [0.3, 0.4) is 0 Å². The molecule has 1 saturated heterocycles. The van der Waals surface area contributed by atoms with E-state index in [1.807, 2.05) is 0 Å². The zero-order valence-electron chi connectivity index (χ0n) is 15.5. The van der Waals surface area contributed by atoms with Crippen molar-refractivity contribution in [3.8, 4) is 0 Å². The third-order valence-electron chi connectivity index (χ3n) is 4.03. The van der Waals surface area contributed by atoms with Crippen LogP contribution in [0.15, 0.2) is 29.3 Å². The summed E-state index contributed by atoms with van der Waals surface area (Å²) in [6.45, 7) is 13.9. The first kappa shape index (κ1) is 18.7. The van der Waals surface area contributed by atoms with E-state index in [0.29, 0.717) is 18.8 Å². The average molecular weight is 332 g/mol. The highest BCUT2D eigenvalue weighted by Crippen LogP contribution is 2.15. The van der Waals surface area contributed by atoms with Gasteiger partial charge in [0.15, 0.2) is 5.96 Å². The standard InChI is InChI=1S/C19H32N4O/c1-5-20-19(21-6-2)22-11-17-7-9-18(10-8-17)14-23-12-15(3)24-16(4)13-23/h7-10,15-16H,5-6,11-14H2,1-4H3,(H2,20,21,22)/t15-,16+. The Morgan fingerprint density at radius 2 is 1.58 bits per heavy atom. The third-order valence-corrected chi connectivity index (χ3v) is 4.03. The van der Waals surface area contributed by atoms with E-state index in [2.05, 4.69) is 72.5 Å². The molecule has 1 aromatic rings. The lowest BCUT2D eigenvalue weighted by molar-refractivity contribution is -0.0704. The number of morpholine rings is 1. The van der Waals surface area contributed by atoms with Crippen LogP contribution in [-0.2, 0) is 17.8 Å². The Hall–Kier alpha value is -1.59. The fourth-order valence-electron chi connectivity index (χ4n) is 3.10. The van der Waals surface area contributed by atoms with Crippen molar-refractivity contribution in [1.82, 2.24) is 15.5 Å². The summed E-state index contributed by atoms with van der Waals surface area (Å²) in [7, 11) is 0. The number of hydrogen-bond donors (Lipinski definition) is 2. The highest BCUT2D eigenvalue weighted by molar-refractivity contribution is 5.79. The number of nitrogens with zero attached hydrogens (tertiary/aromatic N) is 2. The Bertz CT molecular complexity index is 497. The van der Waals surface area contributed by atoms with Gasteiger partial charge in [-0.2, -0.15) is 0 Å². The van der Waals surface area contributed by atoms with Crippen molar-refractivity contribution < 1.29 is 4.74 Å². The minimum Gasteiger partial charge on any atom is -0.373 e. The van der Waals surface area contributed by atoms with Gasteiger partial charge in [-0.15, -0.1) is 0 Å². The molecule has 0 aromatic heterocycles. The quantitative estimate of drug-likeness (QED) is 0.620. The Labute approximate surface area is 146 Å². The van der Waals surface area contributed by atoms with Crippen LogP contribution in [0.1, 0.15) is 38.8 Å². The molecule has 0 aliphatic carbocycles. The minimum atomic E-state index is 0.318. The summed E-state index contributed by atoms with van der Waals surface area (Å²) in [4.78, 5) is 7.08. The summed E-state index contributed by atoms with van der Waals surface area (Å²) in [6.07, 6.45) is 0.635. The maximum absolute atomic E-state index is 5.80. The Balaban J connectivity index is 1.89. The van der Waals surface area contributed by atoms with Gasteiger partial charge in [-0.1, -0.05) is 24.3 Å².